The molecule has 0 aromatic rings. The molecule has 1 heteroatoms. The molecule has 3 fully saturated rings. The number of fused-ring (bicyclic) bond motifs is 8. The molecule has 3 saturated carbocycles. The molecule has 0 radical (unpaired) electrons. The summed E-state index contributed by atoms with van der Waals surface area (Å²) in [5, 5.41) is 0. The smallest absolute Gasteiger partial charge is 0.155 e. The van der Waals surface area contributed by atoms with Crippen LogP contribution in [0.5, 0.6) is 0 Å². The van der Waals surface area contributed by atoms with E-state index >= 15 is 0 Å². The van der Waals surface area contributed by atoms with E-state index in [9.17, 15) is 4.79 Å². The van der Waals surface area contributed by atoms with Crippen LogP contribution in [0.25, 0.3) is 0 Å². The van der Waals surface area contributed by atoms with Crippen LogP contribution < -0.4 is 0 Å². The van der Waals surface area contributed by atoms with Crippen molar-refractivity contribution in [3.05, 3.63) is 23.8 Å². The Hall–Kier alpha value is -0.850. The van der Waals surface area contributed by atoms with Gasteiger partial charge in [-0.05, 0) is 78.6 Å². The normalized spacial score (nSPS) is 57.0. The molecule has 0 amide bonds. The molecule has 0 unspecified atom stereocenters. The van der Waals surface area contributed by atoms with Gasteiger partial charge in [0.1, 0.15) is 0 Å². The summed E-state index contributed by atoms with van der Waals surface area (Å²) in [6.07, 6.45) is 14.5. The summed E-state index contributed by atoms with van der Waals surface area (Å²) in [5.74, 6) is 4.61. The number of carbonyl (C=O) groups excluding carboxylic acids is 1. The highest BCUT2D eigenvalue weighted by Crippen LogP contribution is 2.72. The Morgan fingerprint density at radius 2 is 2.10 bits per heavy atom. The van der Waals surface area contributed by atoms with Crippen molar-refractivity contribution in [3.8, 4) is 0 Å². The number of ketones is 1. The van der Waals surface area contributed by atoms with E-state index in [0.29, 0.717) is 16.6 Å². The van der Waals surface area contributed by atoms with Crippen molar-refractivity contribution in [3.63, 3.8) is 0 Å². The summed E-state index contributed by atoms with van der Waals surface area (Å²) in [6.45, 7) is 5.03. The van der Waals surface area contributed by atoms with Crippen LogP contribution in [0.4, 0.5) is 0 Å². The van der Waals surface area contributed by atoms with E-state index in [2.05, 4.69) is 32.1 Å². The Kier molecular flexibility index (Phi) is 2.25. The fourth-order valence-corrected chi connectivity index (χ4v) is 6.82. The van der Waals surface area contributed by atoms with Crippen LogP contribution in [-0.2, 0) is 4.79 Å². The number of carbonyl (C=O) groups is 1. The van der Waals surface area contributed by atoms with Gasteiger partial charge in [0.2, 0.25) is 0 Å². The third kappa shape index (κ3) is 1.46. The minimum Gasteiger partial charge on any atom is -0.295 e. The SMILES string of the molecule is C[C@@]12CC=C[C@H]1[C@@H]1[C@H]3C[C@H]3C3=CC(=O)CC[C@]3(C)[C@H]1CC2. The highest BCUT2D eigenvalue weighted by molar-refractivity contribution is 5.92. The van der Waals surface area contributed by atoms with Crippen LogP contribution >= 0.6 is 0 Å². The van der Waals surface area contributed by atoms with Gasteiger partial charge in [0.15, 0.2) is 5.78 Å². The van der Waals surface area contributed by atoms with Crippen molar-refractivity contribution in [1.82, 2.24) is 0 Å². The molecule has 5 rings (SSSR count). The number of hydrogen-bond donors (Lipinski definition) is 0. The number of allylic oxidation sites excluding steroid dienone is 4. The van der Waals surface area contributed by atoms with Gasteiger partial charge < -0.3 is 0 Å². The molecule has 0 aromatic carbocycles. The first-order chi connectivity index (χ1) is 10.0. The molecule has 0 heterocycles. The Morgan fingerprint density at radius 1 is 1.24 bits per heavy atom. The minimum atomic E-state index is 0.341. The summed E-state index contributed by atoms with van der Waals surface area (Å²) >= 11 is 0. The molecule has 0 saturated heterocycles. The van der Waals surface area contributed by atoms with Gasteiger partial charge in [-0.2, -0.15) is 0 Å². The lowest BCUT2D eigenvalue weighted by molar-refractivity contribution is -0.117. The van der Waals surface area contributed by atoms with Crippen LogP contribution in [0.15, 0.2) is 23.8 Å². The molecule has 7 atom stereocenters. The second-order valence-electron chi connectivity index (χ2n) is 9.02. The zero-order chi connectivity index (χ0) is 14.4. The lowest BCUT2D eigenvalue weighted by atomic mass is 9.47. The van der Waals surface area contributed by atoms with Crippen molar-refractivity contribution in [1.29, 1.82) is 0 Å². The van der Waals surface area contributed by atoms with Gasteiger partial charge in [-0.15, -0.1) is 0 Å². The summed E-state index contributed by atoms with van der Waals surface area (Å²) < 4.78 is 0. The van der Waals surface area contributed by atoms with Gasteiger partial charge in [-0.25, -0.2) is 0 Å². The van der Waals surface area contributed by atoms with Gasteiger partial charge in [0.05, 0.1) is 0 Å². The van der Waals surface area contributed by atoms with Crippen LogP contribution in [0.3, 0.4) is 0 Å². The Morgan fingerprint density at radius 3 is 2.95 bits per heavy atom. The fraction of sp³-hybridized carbons (Fsp3) is 0.750. The molecule has 0 N–H and O–H groups in total. The molecule has 5 aliphatic rings. The molecular formula is C20H26O. The second-order valence-corrected chi connectivity index (χ2v) is 9.02. The zero-order valence-corrected chi connectivity index (χ0v) is 13.3. The fourth-order valence-electron chi connectivity index (χ4n) is 6.82. The van der Waals surface area contributed by atoms with E-state index in [-0.39, 0.29) is 0 Å². The second kappa shape index (κ2) is 3.73. The van der Waals surface area contributed by atoms with Crippen molar-refractivity contribution in [2.24, 2.45) is 40.4 Å². The Balaban J connectivity index is 1.60. The van der Waals surface area contributed by atoms with Crippen molar-refractivity contribution in [2.45, 2.75) is 52.4 Å². The monoisotopic (exact) mass is 282 g/mol. The van der Waals surface area contributed by atoms with E-state index in [1.54, 1.807) is 5.57 Å². The topological polar surface area (TPSA) is 17.1 Å². The maximum Gasteiger partial charge on any atom is 0.155 e. The summed E-state index contributed by atoms with van der Waals surface area (Å²) in [5.41, 5.74) is 2.46. The molecule has 112 valence electrons. The number of rotatable bonds is 0. The first kappa shape index (κ1) is 12.7. The van der Waals surface area contributed by atoms with Crippen molar-refractivity contribution >= 4 is 5.78 Å². The van der Waals surface area contributed by atoms with E-state index in [1.807, 2.05) is 0 Å². The lowest BCUT2D eigenvalue weighted by Crippen LogP contribution is -2.50. The zero-order valence-electron chi connectivity index (χ0n) is 13.3. The van der Waals surface area contributed by atoms with Gasteiger partial charge in [0, 0.05) is 6.42 Å². The standard InChI is InChI=1S/C20H26O/c1-19-7-3-4-15(19)18-14-11-13(14)17-10-12(21)5-9-20(17,2)16(18)6-8-19/h3-4,10,13-16,18H,5-9,11H2,1-2H3/t13-,14+,15+,16+,18+,19+,20-/m1/s1. The average Bonchev–Trinajstić information content (AvgIpc) is 3.14. The maximum atomic E-state index is 11.9. The Labute approximate surface area is 127 Å². The Bertz CT molecular complexity index is 585. The van der Waals surface area contributed by atoms with Gasteiger partial charge in [0.25, 0.3) is 0 Å². The first-order valence-electron chi connectivity index (χ1n) is 8.94. The van der Waals surface area contributed by atoms with Crippen LogP contribution in [0.1, 0.15) is 52.4 Å². The van der Waals surface area contributed by atoms with Crippen molar-refractivity contribution < 1.29 is 4.79 Å². The minimum absolute atomic E-state index is 0.341. The van der Waals surface area contributed by atoms with Gasteiger partial charge >= 0.3 is 0 Å². The van der Waals surface area contributed by atoms with Crippen LogP contribution in [0.2, 0.25) is 0 Å². The maximum absolute atomic E-state index is 11.9. The highest BCUT2D eigenvalue weighted by atomic mass is 16.1. The van der Waals surface area contributed by atoms with E-state index in [4.69, 9.17) is 0 Å². The third-order valence-electron chi connectivity index (χ3n) is 8.06. The third-order valence-corrected chi connectivity index (χ3v) is 8.06. The van der Waals surface area contributed by atoms with Gasteiger partial charge in [-0.3, -0.25) is 4.79 Å². The lowest BCUT2D eigenvalue weighted by Gasteiger charge is -2.57. The van der Waals surface area contributed by atoms with Gasteiger partial charge in [-0.1, -0.05) is 31.6 Å². The van der Waals surface area contributed by atoms with E-state index in [1.165, 1.54) is 25.7 Å². The van der Waals surface area contributed by atoms with E-state index < -0.39 is 0 Å². The quantitative estimate of drug-likeness (QED) is 0.596. The largest absolute Gasteiger partial charge is 0.295 e. The summed E-state index contributed by atoms with van der Waals surface area (Å²) in [6, 6.07) is 0. The summed E-state index contributed by atoms with van der Waals surface area (Å²) in [7, 11) is 0. The van der Waals surface area contributed by atoms with Crippen molar-refractivity contribution in [2.75, 3.05) is 0 Å². The molecule has 0 bridgehead atoms. The molecule has 5 aliphatic carbocycles. The molecule has 0 aromatic heterocycles. The average molecular weight is 282 g/mol. The first-order valence-corrected chi connectivity index (χ1v) is 8.94. The molecule has 0 spiro atoms. The molecule has 0 aliphatic heterocycles. The molecular weight excluding hydrogens is 256 g/mol. The molecule has 21 heavy (non-hydrogen) atoms. The van der Waals surface area contributed by atoms with Crippen LogP contribution in [-0.4, -0.2) is 5.78 Å². The predicted molar refractivity (Wildman–Crippen MR) is 83.6 cm³/mol. The molecule has 1 nitrogen and oxygen atoms in total. The predicted octanol–water partition coefficient (Wildman–Crippen LogP) is 4.54. The number of hydrogen-bond acceptors (Lipinski definition) is 1. The van der Waals surface area contributed by atoms with Crippen LogP contribution in [0, 0.1) is 40.4 Å². The highest BCUT2D eigenvalue weighted by Gasteiger charge is 2.65. The summed E-state index contributed by atoms with van der Waals surface area (Å²) in [4.78, 5) is 11.9. The van der Waals surface area contributed by atoms with E-state index in [0.717, 1.165) is 42.4 Å².